The molecule has 102 valence electrons. The van der Waals surface area contributed by atoms with Gasteiger partial charge in [0, 0.05) is 27.8 Å². The minimum atomic E-state index is 0.707. The van der Waals surface area contributed by atoms with E-state index in [0.717, 1.165) is 19.5 Å². The van der Waals surface area contributed by atoms with Gasteiger partial charge in [0.15, 0.2) is 0 Å². The summed E-state index contributed by atoms with van der Waals surface area (Å²) in [4.78, 5) is 3.72. The molecule has 0 aliphatic heterocycles. The van der Waals surface area contributed by atoms with Crippen molar-refractivity contribution in [3.05, 3.63) is 56.2 Å². The predicted molar refractivity (Wildman–Crippen MR) is 86.4 cm³/mol. The Morgan fingerprint density at radius 3 is 2.58 bits per heavy atom. The second kappa shape index (κ2) is 7.20. The fourth-order valence-electron chi connectivity index (χ4n) is 2.16. The molecule has 0 fully saturated rings. The molecule has 0 saturated carbocycles. The number of thiophene rings is 1. The molecule has 0 spiro atoms. The molecule has 0 unspecified atom stereocenters. The van der Waals surface area contributed by atoms with E-state index in [2.05, 4.69) is 63.6 Å². The fourth-order valence-corrected chi connectivity index (χ4v) is 3.69. The van der Waals surface area contributed by atoms with Gasteiger partial charge in [0.2, 0.25) is 0 Å². The van der Waals surface area contributed by atoms with Crippen LogP contribution in [0.25, 0.3) is 0 Å². The summed E-state index contributed by atoms with van der Waals surface area (Å²) >= 11 is 5.29. The summed E-state index contributed by atoms with van der Waals surface area (Å²) in [6, 6.07) is 10.8. The SMILES string of the molecule is CN(Cc1cc(Br)cs1)Cc1ccccc1CCN. The maximum atomic E-state index is 5.67. The van der Waals surface area contributed by atoms with Crippen LogP contribution < -0.4 is 5.73 Å². The van der Waals surface area contributed by atoms with Gasteiger partial charge in [-0.2, -0.15) is 0 Å². The first-order valence-corrected chi connectivity index (χ1v) is 8.04. The van der Waals surface area contributed by atoms with Gasteiger partial charge < -0.3 is 5.73 Å². The maximum absolute atomic E-state index is 5.67. The Labute approximate surface area is 127 Å². The Morgan fingerprint density at radius 2 is 1.95 bits per heavy atom. The summed E-state index contributed by atoms with van der Waals surface area (Å²) in [6.07, 6.45) is 0.953. The lowest BCUT2D eigenvalue weighted by Gasteiger charge is -2.18. The molecule has 2 rings (SSSR count). The highest BCUT2D eigenvalue weighted by Gasteiger charge is 2.07. The van der Waals surface area contributed by atoms with Crippen LogP contribution in [0.3, 0.4) is 0 Å². The summed E-state index contributed by atoms with van der Waals surface area (Å²) in [5.74, 6) is 0. The summed E-state index contributed by atoms with van der Waals surface area (Å²) in [5, 5.41) is 2.13. The predicted octanol–water partition coefficient (Wildman–Crippen LogP) is 3.64. The van der Waals surface area contributed by atoms with E-state index in [0.29, 0.717) is 6.54 Å². The van der Waals surface area contributed by atoms with Gasteiger partial charge in [-0.15, -0.1) is 11.3 Å². The molecule has 1 heterocycles. The van der Waals surface area contributed by atoms with Crippen molar-refractivity contribution in [3.8, 4) is 0 Å². The highest BCUT2D eigenvalue weighted by molar-refractivity contribution is 9.10. The molecule has 0 aliphatic carbocycles. The van der Waals surface area contributed by atoms with Crippen LogP contribution in [0, 0.1) is 0 Å². The quantitative estimate of drug-likeness (QED) is 0.871. The maximum Gasteiger partial charge on any atom is 0.0328 e. The minimum absolute atomic E-state index is 0.707. The summed E-state index contributed by atoms with van der Waals surface area (Å²) in [5.41, 5.74) is 8.42. The van der Waals surface area contributed by atoms with Gasteiger partial charge in [-0.05, 0) is 53.1 Å². The number of hydrogen-bond donors (Lipinski definition) is 1. The molecule has 1 aromatic heterocycles. The molecule has 2 nitrogen and oxygen atoms in total. The molecule has 2 aromatic rings. The highest BCUT2D eigenvalue weighted by atomic mass is 79.9. The van der Waals surface area contributed by atoms with Crippen LogP contribution in [0.15, 0.2) is 40.2 Å². The van der Waals surface area contributed by atoms with Gasteiger partial charge in [0.25, 0.3) is 0 Å². The van der Waals surface area contributed by atoms with E-state index < -0.39 is 0 Å². The highest BCUT2D eigenvalue weighted by Crippen LogP contribution is 2.21. The number of benzene rings is 1. The van der Waals surface area contributed by atoms with E-state index >= 15 is 0 Å². The zero-order valence-corrected chi connectivity index (χ0v) is 13.5. The Bertz CT molecular complexity index is 524. The normalized spacial score (nSPS) is 11.2. The lowest BCUT2D eigenvalue weighted by Crippen LogP contribution is -2.18. The summed E-state index contributed by atoms with van der Waals surface area (Å²) in [6.45, 7) is 2.65. The number of nitrogens with two attached hydrogens (primary N) is 1. The molecule has 0 radical (unpaired) electrons. The first kappa shape index (κ1) is 14.7. The Morgan fingerprint density at radius 1 is 1.21 bits per heavy atom. The van der Waals surface area contributed by atoms with Crippen molar-refractivity contribution in [1.29, 1.82) is 0 Å². The molecule has 0 bridgehead atoms. The van der Waals surface area contributed by atoms with Crippen LogP contribution in [0.4, 0.5) is 0 Å². The first-order valence-electron chi connectivity index (χ1n) is 6.37. The third kappa shape index (κ3) is 4.42. The van der Waals surface area contributed by atoms with E-state index in [1.807, 2.05) is 0 Å². The van der Waals surface area contributed by atoms with Gasteiger partial charge in [-0.25, -0.2) is 0 Å². The molecule has 1 aromatic carbocycles. The average molecular weight is 339 g/mol. The van der Waals surface area contributed by atoms with Crippen LogP contribution in [-0.2, 0) is 19.5 Å². The van der Waals surface area contributed by atoms with Crippen molar-refractivity contribution in [2.24, 2.45) is 5.73 Å². The van der Waals surface area contributed by atoms with Crippen LogP contribution in [0.2, 0.25) is 0 Å². The van der Waals surface area contributed by atoms with Crippen molar-refractivity contribution in [1.82, 2.24) is 4.90 Å². The molecular weight excluding hydrogens is 320 g/mol. The van der Waals surface area contributed by atoms with Gasteiger partial charge in [0.05, 0.1) is 0 Å². The molecule has 19 heavy (non-hydrogen) atoms. The number of halogens is 1. The molecular formula is C15H19BrN2S. The van der Waals surface area contributed by atoms with Crippen LogP contribution in [-0.4, -0.2) is 18.5 Å². The minimum Gasteiger partial charge on any atom is -0.330 e. The molecule has 0 amide bonds. The van der Waals surface area contributed by atoms with Gasteiger partial charge >= 0.3 is 0 Å². The number of nitrogens with zero attached hydrogens (tertiary/aromatic N) is 1. The van der Waals surface area contributed by atoms with Gasteiger partial charge in [0.1, 0.15) is 0 Å². The molecule has 0 aliphatic rings. The van der Waals surface area contributed by atoms with Crippen LogP contribution in [0.1, 0.15) is 16.0 Å². The third-order valence-corrected chi connectivity index (χ3v) is 4.70. The van der Waals surface area contributed by atoms with E-state index in [-0.39, 0.29) is 0 Å². The number of hydrogen-bond acceptors (Lipinski definition) is 3. The van der Waals surface area contributed by atoms with Crippen molar-refractivity contribution >= 4 is 27.3 Å². The van der Waals surface area contributed by atoms with E-state index in [4.69, 9.17) is 5.73 Å². The Kier molecular flexibility index (Phi) is 5.58. The van der Waals surface area contributed by atoms with Crippen LogP contribution in [0.5, 0.6) is 0 Å². The van der Waals surface area contributed by atoms with Crippen molar-refractivity contribution in [3.63, 3.8) is 0 Å². The van der Waals surface area contributed by atoms with Crippen molar-refractivity contribution in [2.75, 3.05) is 13.6 Å². The second-order valence-electron chi connectivity index (χ2n) is 4.71. The smallest absolute Gasteiger partial charge is 0.0328 e. The third-order valence-electron chi connectivity index (χ3n) is 3.02. The van der Waals surface area contributed by atoms with E-state index in [9.17, 15) is 0 Å². The second-order valence-corrected chi connectivity index (χ2v) is 6.62. The monoisotopic (exact) mass is 338 g/mol. The Hall–Kier alpha value is -0.680. The lowest BCUT2D eigenvalue weighted by atomic mass is 10.0. The molecule has 4 heteroatoms. The molecule has 2 N–H and O–H groups in total. The number of rotatable bonds is 6. The lowest BCUT2D eigenvalue weighted by molar-refractivity contribution is 0.321. The zero-order chi connectivity index (χ0) is 13.7. The Balaban J connectivity index is 2.00. The average Bonchev–Trinajstić information content (AvgIpc) is 2.77. The van der Waals surface area contributed by atoms with E-state index in [1.165, 1.54) is 20.5 Å². The van der Waals surface area contributed by atoms with Gasteiger partial charge in [-0.1, -0.05) is 24.3 Å². The van der Waals surface area contributed by atoms with E-state index in [1.54, 1.807) is 11.3 Å². The van der Waals surface area contributed by atoms with Crippen molar-refractivity contribution in [2.45, 2.75) is 19.5 Å². The topological polar surface area (TPSA) is 29.3 Å². The van der Waals surface area contributed by atoms with Gasteiger partial charge in [-0.3, -0.25) is 4.90 Å². The van der Waals surface area contributed by atoms with Crippen molar-refractivity contribution < 1.29 is 0 Å². The standard InChI is InChI=1S/C15H19BrN2S/c1-18(10-15-8-14(16)11-19-15)9-13-5-3-2-4-12(13)6-7-17/h2-5,8,11H,6-7,9-10,17H2,1H3. The van der Waals surface area contributed by atoms with Crippen LogP contribution >= 0.6 is 27.3 Å². The summed E-state index contributed by atoms with van der Waals surface area (Å²) in [7, 11) is 2.16. The molecule has 0 atom stereocenters. The molecule has 0 saturated heterocycles. The summed E-state index contributed by atoms with van der Waals surface area (Å²) < 4.78 is 1.17. The zero-order valence-electron chi connectivity index (χ0n) is 11.1. The first-order chi connectivity index (χ1) is 9.19. The largest absolute Gasteiger partial charge is 0.330 e. The fraction of sp³-hybridized carbons (Fsp3) is 0.333.